The molecule has 0 radical (unpaired) electrons. The van der Waals surface area contributed by atoms with Gasteiger partial charge in [0.05, 0.1) is 11.8 Å². The molecule has 0 aliphatic heterocycles. The lowest BCUT2D eigenvalue weighted by Gasteiger charge is -2.30. The Morgan fingerprint density at radius 2 is 1.39 bits per heavy atom. The number of carbonyl (C=O) groups is 4. The molecule has 4 rings (SSSR count). The van der Waals surface area contributed by atoms with Gasteiger partial charge in [-0.2, -0.15) is 0 Å². The van der Waals surface area contributed by atoms with Crippen molar-refractivity contribution < 1.29 is 28.9 Å². The van der Waals surface area contributed by atoms with Gasteiger partial charge in [-0.3, -0.25) is 9.59 Å². The number of fused-ring (bicyclic) bond motifs is 3. The first-order valence-corrected chi connectivity index (χ1v) is 18.6. The second-order valence-electron chi connectivity index (χ2n) is 13.7. The molecule has 2 aliphatic carbocycles. The predicted octanol–water partition coefficient (Wildman–Crippen LogP) is 9.94. The third-order valence-corrected chi connectivity index (χ3v) is 10.6. The highest BCUT2D eigenvalue weighted by Crippen LogP contribution is 2.53. The molecule has 1 saturated carbocycles. The fourth-order valence-corrected chi connectivity index (χ4v) is 7.49. The van der Waals surface area contributed by atoms with E-state index in [4.69, 9.17) is 9.68 Å². The molecule has 1 unspecified atom stereocenters. The molecule has 2 aromatic carbocycles. The molecule has 0 bridgehead atoms. The highest BCUT2D eigenvalue weighted by molar-refractivity contribution is 6.46. The van der Waals surface area contributed by atoms with Gasteiger partial charge in [0.25, 0.3) is 0 Å². The SMILES string of the molecule is CCCCC/C(=N\OC(=O)C1CCCCC1)C(=O)c1ccc2c(c1)C(CC)(CC)c1cc(C(=O)/C(C)=N/OC(=O)C(CC)CCC)ccc1-2. The van der Waals surface area contributed by atoms with Gasteiger partial charge in [-0.15, -0.1) is 0 Å². The van der Waals surface area contributed by atoms with E-state index in [9.17, 15) is 19.2 Å². The molecule has 264 valence electrons. The molecular formula is C41H54N2O6. The summed E-state index contributed by atoms with van der Waals surface area (Å²) < 4.78 is 0. The summed E-state index contributed by atoms with van der Waals surface area (Å²) in [4.78, 5) is 63.4. The van der Waals surface area contributed by atoms with Crippen molar-refractivity contribution in [1.29, 1.82) is 0 Å². The summed E-state index contributed by atoms with van der Waals surface area (Å²) in [7, 11) is 0. The largest absolute Gasteiger partial charge is 0.338 e. The average Bonchev–Trinajstić information content (AvgIpc) is 3.42. The number of benzene rings is 2. The van der Waals surface area contributed by atoms with E-state index < -0.39 is 11.4 Å². The van der Waals surface area contributed by atoms with Crippen LogP contribution in [0.15, 0.2) is 46.7 Å². The van der Waals surface area contributed by atoms with Crippen molar-refractivity contribution in [2.75, 3.05) is 0 Å². The molecule has 1 fully saturated rings. The van der Waals surface area contributed by atoms with Crippen LogP contribution in [0.5, 0.6) is 0 Å². The van der Waals surface area contributed by atoms with E-state index >= 15 is 0 Å². The standard InChI is InChI=1S/C41H54N2O6/c1-7-12-14-20-36(43-49-40(47)29-18-15-13-16-19-29)38(45)31-22-24-33-32-23-21-30(25-34(32)41(10-4,11-5)35(33)26-31)37(44)27(6)42-48-39(46)28(9-3)17-8-2/h21-26,28-29H,7-20H2,1-6H3/b42-27+,43-36+. The maximum atomic E-state index is 14.0. The molecule has 8 heteroatoms. The minimum absolute atomic E-state index is 0.112. The minimum Gasteiger partial charge on any atom is -0.318 e. The van der Waals surface area contributed by atoms with E-state index in [0.29, 0.717) is 30.4 Å². The Bertz CT molecular complexity index is 1580. The second-order valence-corrected chi connectivity index (χ2v) is 13.7. The van der Waals surface area contributed by atoms with Crippen molar-refractivity contribution in [3.63, 3.8) is 0 Å². The maximum absolute atomic E-state index is 14.0. The van der Waals surface area contributed by atoms with Gasteiger partial charge in [0.15, 0.2) is 0 Å². The number of unbranched alkanes of at least 4 members (excludes halogenated alkanes) is 2. The first kappa shape index (κ1) is 37.9. The number of hydrogen-bond acceptors (Lipinski definition) is 8. The van der Waals surface area contributed by atoms with Gasteiger partial charge in [-0.25, -0.2) is 9.59 Å². The normalized spacial score (nSPS) is 16.4. The van der Waals surface area contributed by atoms with Crippen LogP contribution in [-0.2, 0) is 24.7 Å². The Hall–Kier alpha value is -3.94. The van der Waals surface area contributed by atoms with Crippen LogP contribution in [0.1, 0.15) is 163 Å². The van der Waals surface area contributed by atoms with Crippen LogP contribution in [0.25, 0.3) is 11.1 Å². The molecule has 2 aromatic rings. The summed E-state index contributed by atoms with van der Waals surface area (Å²) in [5.74, 6) is -1.68. The van der Waals surface area contributed by atoms with E-state index in [0.717, 1.165) is 92.9 Å². The summed E-state index contributed by atoms with van der Waals surface area (Å²) in [5.41, 5.74) is 5.07. The molecule has 0 heterocycles. The van der Waals surface area contributed by atoms with Crippen molar-refractivity contribution in [1.82, 2.24) is 0 Å². The lowest BCUT2D eigenvalue weighted by atomic mass is 9.73. The summed E-state index contributed by atoms with van der Waals surface area (Å²) in [6, 6.07) is 11.5. The number of carbonyl (C=O) groups excluding carboxylic acids is 4. The Morgan fingerprint density at radius 1 is 0.776 bits per heavy atom. The van der Waals surface area contributed by atoms with Crippen molar-refractivity contribution in [2.45, 2.75) is 137 Å². The fourth-order valence-electron chi connectivity index (χ4n) is 7.49. The van der Waals surface area contributed by atoms with Crippen molar-refractivity contribution in [3.8, 4) is 11.1 Å². The molecule has 0 amide bonds. The molecular weight excluding hydrogens is 616 g/mol. The van der Waals surface area contributed by atoms with Gasteiger partial charge in [0, 0.05) is 16.5 Å². The summed E-state index contributed by atoms with van der Waals surface area (Å²) >= 11 is 0. The number of Topliss-reactive ketones (excluding diaryl/α,β-unsaturated/α-hetero) is 2. The number of nitrogens with zero attached hydrogens (tertiary/aromatic N) is 2. The van der Waals surface area contributed by atoms with E-state index in [1.807, 2.05) is 44.2 Å². The fraction of sp³-hybridized carbons (Fsp3) is 0.561. The van der Waals surface area contributed by atoms with Crippen molar-refractivity contribution >= 4 is 34.9 Å². The van der Waals surface area contributed by atoms with Crippen LogP contribution in [-0.4, -0.2) is 34.9 Å². The molecule has 8 nitrogen and oxygen atoms in total. The monoisotopic (exact) mass is 670 g/mol. The maximum Gasteiger partial charge on any atom is 0.338 e. The van der Waals surface area contributed by atoms with E-state index in [2.05, 4.69) is 31.1 Å². The molecule has 0 aromatic heterocycles. The third kappa shape index (κ3) is 8.45. The Kier molecular flexibility index (Phi) is 13.6. The van der Waals surface area contributed by atoms with Crippen molar-refractivity contribution in [3.05, 3.63) is 58.7 Å². The quantitative estimate of drug-likeness (QED) is 0.0544. The lowest BCUT2D eigenvalue weighted by molar-refractivity contribution is -0.150. The molecule has 49 heavy (non-hydrogen) atoms. The number of ketones is 2. The highest BCUT2D eigenvalue weighted by Gasteiger charge is 2.41. The van der Waals surface area contributed by atoms with Gasteiger partial charge in [0.2, 0.25) is 11.6 Å². The molecule has 0 N–H and O–H groups in total. The van der Waals surface area contributed by atoms with Gasteiger partial charge in [-0.1, -0.05) is 108 Å². The smallest absolute Gasteiger partial charge is 0.318 e. The zero-order chi connectivity index (χ0) is 35.6. The van der Waals surface area contributed by atoms with Crippen LogP contribution < -0.4 is 0 Å². The Labute approximate surface area is 292 Å². The molecule has 2 aliphatic rings. The minimum atomic E-state index is -0.420. The topological polar surface area (TPSA) is 111 Å². The molecule has 1 atom stereocenters. The third-order valence-electron chi connectivity index (χ3n) is 10.6. The summed E-state index contributed by atoms with van der Waals surface area (Å²) in [6.45, 7) is 11.9. The van der Waals surface area contributed by atoms with Crippen LogP contribution in [0.4, 0.5) is 0 Å². The Balaban J connectivity index is 1.62. The Morgan fingerprint density at radius 3 is 1.94 bits per heavy atom. The van der Waals surface area contributed by atoms with Crippen LogP contribution in [0.2, 0.25) is 0 Å². The van der Waals surface area contributed by atoms with E-state index in [-0.39, 0.29) is 40.8 Å². The zero-order valence-corrected chi connectivity index (χ0v) is 30.4. The first-order valence-electron chi connectivity index (χ1n) is 18.6. The first-order chi connectivity index (χ1) is 23.6. The number of rotatable bonds is 17. The van der Waals surface area contributed by atoms with Gasteiger partial charge in [-0.05, 0) is 92.7 Å². The highest BCUT2D eigenvalue weighted by atomic mass is 16.7. The zero-order valence-electron chi connectivity index (χ0n) is 30.4. The van der Waals surface area contributed by atoms with E-state index in [1.165, 1.54) is 0 Å². The predicted molar refractivity (Wildman–Crippen MR) is 194 cm³/mol. The van der Waals surface area contributed by atoms with Crippen LogP contribution in [0.3, 0.4) is 0 Å². The van der Waals surface area contributed by atoms with Gasteiger partial charge in [0.1, 0.15) is 11.4 Å². The molecule has 0 saturated heterocycles. The summed E-state index contributed by atoms with van der Waals surface area (Å²) in [6.07, 6.45) is 11.7. The van der Waals surface area contributed by atoms with Gasteiger partial charge >= 0.3 is 11.9 Å². The number of hydrogen-bond donors (Lipinski definition) is 0. The van der Waals surface area contributed by atoms with Crippen LogP contribution in [0, 0.1) is 11.8 Å². The van der Waals surface area contributed by atoms with Crippen molar-refractivity contribution in [2.24, 2.45) is 22.1 Å². The summed E-state index contributed by atoms with van der Waals surface area (Å²) in [5, 5.41) is 8.12. The van der Waals surface area contributed by atoms with E-state index in [1.54, 1.807) is 13.0 Å². The lowest BCUT2D eigenvalue weighted by Crippen LogP contribution is -2.25. The molecule has 0 spiro atoms. The van der Waals surface area contributed by atoms with Crippen LogP contribution >= 0.6 is 0 Å². The average molecular weight is 671 g/mol. The second kappa shape index (κ2) is 17.6. The van der Waals surface area contributed by atoms with Gasteiger partial charge < -0.3 is 9.68 Å². The number of oxime groups is 2.